The van der Waals surface area contributed by atoms with Crippen LogP contribution in [0.2, 0.25) is 0 Å². The van der Waals surface area contributed by atoms with E-state index in [9.17, 15) is 32.7 Å². The summed E-state index contributed by atoms with van der Waals surface area (Å²) in [6, 6.07) is 17.9. The van der Waals surface area contributed by atoms with Crippen LogP contribution in [0.4, 0.5) is 0 Å². The van der Waals surface area contributed by atoms with E-state index < -0.39 is 74.4 Å². The van der Waals surface area contributed by atoms with E-state index in [2.05, 4.69) is 16.0 Å². The van der Waals surface area contributed by atoms with Gasteiger partial charge in [0.1, 0.15) is 27.7 Å². The number of amides is 4. The third-order valence-electron chi connectivity index (χ3n) is 8.07. The molecule has 4 rings (SSSR count). The maximum atomic E-state index is 14.0. The molecule has 1 aliphatic heterocycles. The second-order valence-corrected chi connectivity index (χ2v) is 17.8. The molecule has 0 aromatic heterocycles. The third kappa shape index (κ3) is 10.4. The van der Waals surface area contributed by atoms with Crippen LogP contribution in [0, 0.1) is 0 Å². The number of hydrogen-bond acceptors (Lipinski definition) is 9. The van der Waals surface area contributed by atoms with Crippen molar-refractivity contribution in [2.45, 2.75) is 75.6 Å². The molecule has 270 valence electrons. The van der Waals surface area contributed by atoms with Gasteiger partial charge in [-0.05, 0) is 58.1 Å². The van der Waals surface area contributed by atoms with E-state index in [4.69, 9.17) is 4.74 Å². The molecule has 1 unspecified atom stereocenters. The average Bonchev–Trinajstić information content (AvgIpc) is 3.36. The first-order valence-electron chi connectivity index (χ1n) is 16.2. The van der Waals surface area contributed by atoms with Crippen LogP contribution < -0.4 is 20.7 Å². The number of aliphatic hydroxyl groups excluding tert-OH is 1. The summed E-state index contributed by atoms with van der Waals surface area (Å²) in [6.45, 7) is 8.66. The van der Waals surface area contributed by atoms with E-state index in [1.165, 1.54) is 16.7 Å². The predicted octanol–water partition coefficient (Wildman–Crippen LogP) is 2.43. The van der Waals surface area contributed by atoms with Crippen LogP contribution in [-0.2, 0) is 35.4 Å². The zero-order valence-corrected chi connectivity index (χ0v) is 30.8. The van der Waals surface area contributed by atoms with E-state index in [0.29, 0.717) is 11.3 Å². The highest BCUT2D eigenvalue weighted by Crippen LogP contribution is 2.40. The highest BCUT2D eigenvalue weighted by atomic mass is 32.2. The fourth-order valence-corrected chi connectivity index (χ4v) is 7.75. The van der Waals surface area contributed by atoms with Crippen LogP contribution in [0.25, 0.3) is 10.8 Å². The van der Waals surface area contributed by atoms with Crippen LogP contribution >= 0.6 is 11.8 Å². The van der Waals surface area contributed by atoms with Gasteiger partial charge in [0.15, 0.2) is 12.7 Å². The number of ether oxygens (including phenoxy) is 1. The highest BCUT2D eigenvalue weighted by Gasteiger charge is 2.50. The Labute approximate surface area is 297 Å². The maximum absolute atomic E-state index is 14.0. The maximum Gasteiger partial charge on any atom is 0.258 e. The normalized spacial score (nSPS) is 17.7. The minimum absolute atomic E-state index is 0.00749. The fraction of sp³-hybridized carbons (Fsp3) is 0.444. The number of rotatable bonds is 13. The number of nitrogens with one attached hydrogen (secondary N) is 3. The third-order valence-corrected chi connectivity index (χ3v) is 10.4. The van der Waals surface area contributed by atoms with E-state index >= 15 is 0 Å². The molecule has 4 atom stereocenters. The summed E-state index contributed by atoms with van der Waals surface area (Å²) in [5.74, 6) is -3.00. The van der Waals surface area contributed by atoms with Gasteiger partial charge in [-0.25, -0.2) is 8.42 Å². The predicted molar refractivity (Wildman–Crippen MR) is 194 cm³/mol. The van der Waals surface area contributed by atoms with Crippen molar-refractivity contribution in [2.24, 2.45) is 0 Å². The van der Waals surface area contributed by atoms with E-state index in [-0.39, 0.29) is 18.2 Å². The number of carbonyl (C=O) groups is 4. The summed E-state index contributed by atoms with van der Waals surface area (Å²) >= 11 is 1.39. The Morgan fingerprint density at radius 2 is 1.62 bits per heavy atom. The molecule has 1 aliphatic rings. The Balaban J connectivity index is 1.55. The number of fused-ring (bicyclic) bond motifs is 1. The van der Waals surface area contributed by atoms with E-state index in [1.807, 2.05) is 65.0 Å². The Morgan fingerprint density at radius 3 is 2.28 bits per heavy atom. The molecule has 1 fully saturated rings. The van der Waals surface area contributed by atoms with Gasteiger partial charge in [0.25, 0.3) is 11.8 Å². The van der Waals surface area contributed by atoms with Crippen LogP contribution in [0.5, 0.6) is 5.75 Å². The molecule has 1 saturated heterocycles. The number of sulfone groups is 1. The molecule has 0 bridgehead atoms. The molecule has 3 aromatic rings. The Kier molecular flexibility index (Phi) is 12.2. The average molecular weight is 727 g/mol. The molecule has 50 heavy (non-hydrogen) atoms. The second kappa shape index (κ2) is 15.8. The minimum Gasteiger partial charge on any atom is -0.483 e. The van der Waals surface area contributed by atoms with Gasteiger partial charge in [0.2, 0.25) is 11.8 Å². The summed E-state index contributed by atoms with van der Waals surface area (Å²) in [7, 11) is -3.80. The standard InChI is InChI=1S/C36H46N4O8S2/c1-35(2,3)39-33(44)31-36(4,5)49-22-40(31)34(45)30(42)26(19-23-13-8-7-9-14-23)38-32(43)27(21-50(6,46)47)37-29(41)20-48-28-18-12-16-24-15-10-11-17-25(24)28/h7-18,26-27,30-31,42H,19-22H2,1-6H3,(H,37,41)(H,38,43)(H,39,44)/t26-,27-,30-,31?/m0/s1. The van der Waals surface area contributed by atoms with Crippen LogP contribution in [-0.4, -0.2) is 101 Å². The van der Waals surface area contributed by atoms with Crippen molar-refractivity contribution in [3.63, 3.8) is 0 Å². The van der Waals surface area contributed by atoms with Gasteiger partial charge in [0.05, 0.1) is 17.7 Å². The van der Waals surface area contributed by atoms with Crippen molar-refractivity contribution in [2.75, 3.05) is 24.5 Å². The Hall–Kier alpha value is -4.14. The lowest BCUT2D eigenvalue weighted by Gasteiger charge is -2.35. The van der Waals surface area contributed by atoms with E-state index in [0.717, 1.165) is 17.0 Å². The smallest absolute Gasteiger partial charge is 0.258 e. The molecule has 4 N–H and O–H groups in total. The van der Waals surface area contributed by atoms with Crippen molar-refractivity contribution < 1.29 is 37.4 Å². The molecule has 1 heterocycles. The summed E-state index contributed by atoms with van der Waals surface area (Å²) in [5, 5.41) is 21.2. The Morgan fingerprint density at radius 1 is 0.980 bits per heavy atom. The van der Waals surface area contributed by atoms with Crippen molar-refractivity contribution in [3.05, 3.63) is 78.4 Å². The quantitative estimate of drug-likeness (QED) is 0.207. The molecule has 0 spiro atoms. The van der Waals surface area contributed by atoms with Gasteiger partial charge in [-0.15, -0.1) is 11.8 Å². The van der Waals surface area contributed by atoms with Gasteiger partial charge >= 0.3 is 0 Å². The second-order valence-electron chi connectivity index (χ2n) is 14.1. The first-order valence-corrected chi connectivity index (χ1v) is 19.3. The molecular weight excluding hydrogens is 681 g/mol. The van der Waals surface area contributed by atoms with Gasteiger partial charge in [-0.3, -0.25) is 19.2 Å². The van der Waals surface area contributed by atoms with Crippen molar-refractivity contribution in [3.8, 4) is 5.75 Å². The number of nitrogens with zero attached hydrogens (tertiary/aromatic N) is 1. The molecule has 4 amide bonds. The van der Waals surface area contributed by atoms with Crippen molar-refractivity contribution in [1.82, 2.24) is 20.9 Å². The van der Waals surface area contributed by atoms with Crippen molar-refractivity contribution in [1.29, 1.82) is 0 Å². The summed E-state index contributed by atoms with van der Waals surface area (Å²) in [5.41, 5.74) is 0.103. The SMILES string of the molecule is CC(C)(C)NC(=O)C1N(C(=O)[C@@H](O)[C@H](Cc2ccccc2)NC(=O)[C@H](CS(C)(=O)=O)NC(=O)COc2cccc3ccccc23)CSC1(C)C. The monoisotopic (exact) mass is 726 g/mol. The van der Waals surface area contributed by atoms with Crippen LogP contribution in [0.15, 0.2) is 72.8 Å². The Bertz CT molecular complexity index is 1810. The lowest BCUT2D eigenvalue weighted by molar-refractivity contribution is -0.148. The van der Waals surface area contributed by atoms with Gasteiger partial charge < -0.3 is 30.7 Å². The number of thioether (sulfide) groups is 1. The van der Waals surface area contributed by atoms with Gasteiger partial charge in [-0.2, -0.15) is 0 Å². The minimum atomic E-state index is -3.80. The first-order chi connectivity index (χ1) is 23.3. The molecule has 0 saturated carbocycles. The number of hydrogen-bond donors (Lipinski definition) is 4. The number of aliphatic hydroxyl groups is 1. The largest absolute Gasteiger partial charge is 0.483 e. The zero-order chi connectivity index (χ0) is 36.9. The molecule has 0 radical (unpaired) electrons. The van der Waals surface area contributed by atoms with Crippen LogP contribution in [0.3, 0.4) is 0 Å². The molecule has 3 aromatic carbocycles. The molecule has 0 aliphatic carbocycles. The van der Waals surface area contributed by atoms with Crippen molar-refractivity contribution >= 4 is 56.0 Å². The molecule has 14 heteroatoms. The van der Waals surface area contributed by atoms with Crippen LogP contribution in [0.1, 0.15) is 40.2 Å². The lowest BCUT2D eigenvalue weighted by atomic mass is 9.96. The zero-order valence-electron chi connectivity index (χ0n) is 29.1. The first kappa shape index (κ1) is 38.7. The molecule has 12 nitrogen and oxygen atoms in total. The topological polar surface area (TPSA) is 171 Å². The fourth-order valence-electron chi connectivity index (χ4n) is 5.77. The number of carbonyl (C=O) groups excluding carboxylic acids is 4. The lowest BCUT2D eigenvalue weighted by Crippen LogP contribution is -2.61. The van der Waals surface area contributed by atoms with E-state index in [1.54, 1.807) is 42.5 Å². The summed E-state index contributed by atoms with van der Waals surface area (Å²) in [4.78, 5) is 55.5. The summed E-state index contributed by atoms with van der Waals surface area (Å²) < 4.78 is 29.8. The molecular formula is C36H46N4O8S2. The van der Waals surface area contributed by atoms with Gasteiger partial charge in [-0.1, -0.05) is 66.7 Å². The highest BCUT2D eigenvalue weighted by molar-refractivity contribution is 8.00. The number of benzene rings is 3. The summed E-state index contributed by atoms with van der Waals surface area (Å²) in [6.07, 6.45) is -0.892. The van der Waals surface area contributed by atoms with Gasteiger partial charge in [0, 0.05) is 21.9 Å².